The zero-order valence-electron chi connectivity index (χ0n) is 16.3. The molecule has 0 spiro atoms. The predicted octanol–water partition coefficient (Wildman–Crippen LogP) is 1.90. The standard InChI is InChI=1S/C20H26N4O3S/c1-15(2)24-20(25)18(19(28(24,26)27)16-7-4-3-5-8-16)22-17-9-13-23(14-10-17)12-6-11-21/h3-5,7-8,15,17,22H,6,9-10,12-14H2,1-2H3. The zero-order chi connectivity index (χ0) is 20.3. The van der Waals surface area contributed by atoms with Crippen molar-refractivity contribution in [1.29, 1.82) is 5.26 Å². The lowest BCUT2D eigenvalue weighted by Crippen LogP contribution is -2.44. The maximum absolute atomic E-state index is 13.1. The molecule has 0 saturated carbocycles. The van der Waals surface area contributed by atoms with E-state index in [9.17, 15) is 13.2 Å². The Morgan fingerprint density at radius 1 is 1.21 bits per heavy atom. The molecule has 28 heavy (non-hydrogen) atoms. The molecule has 150 valence electrons. The van der Waals surface area contributed by atoms with Crippen LogP contribution < -0.4 is 5.32 Å². The van der Waals surface area contributed by atoms with Crippen molar-refractivity contribution in [3.63, 3.8) is 0 Å². The average Bonchev–Trinajstić information content (AvgIpc) is 2.86. The summed E-state index contributed by atoms with van der Waals surface area (Å²) >= 11 is 0. The first-order valence-corrected chi connectivity index (χ1v) is 11.0. The summed E-state index contributed by atoms with van der Waals surface area (Å²) in [7, 11) is -3.90. The Hall–Kier alpha value is -2.37. The Labute approximate surface area is 166 Å². The summed E-state index contributed by atoms with van der Waals surface area (Å²) in [6.07, 6.45) is 2.10. The first-order chi connectivity index (χ1) is 13.4. The van der Waals surface area contributed by atoms with Crippen LogP contribution in [0.1, 0.15) is 38.7 Å². The molecule has 1 aromatic rings. The topological polar surface area (TPSA) is 93.5 Å². The van der Waals surface area contributed by atoms with Crippen LogP contribution in [0.3, 0.4) is 0 Å². The molecule has 0 unspecified atom stereocenters. The minimum atomic E-state index is -3.90. The van der Waals surface area contributed by atoms with Crippen molar-refractivity contribution in [3.8, 4) is 6.07 Å². The molecule has 1 amide bonds. The van der Waals surface area contributed by atoms with E-state index >= 15 is 0 Å². The molecule has 2 heterocycles. The summed E-state index contributed by atoms with van der Waals surface area (Å²) in [5.74, 6) is -0.485. The van der Waals surface area contributed by atoms with Gasteiger partial charge >= 0.3 is 0 Å². The van der Waals surface area contributed by atoms with Crippen molar-refractivity contribution in [2.75, 3.05) is 19.6 Å². The lowest BCUT2D eigenvalue weighted by molar-refractivity contribution is -0.123. The maximum Gasteiger partial charge on any atom is 0.285 e. The van der Waals surface area contributed by atoms with Crippen molar-refractivity contribution in [1.82, 2.24) is 14.5 Å². The fourth-order valence-corrected chi connectivity index (χ4v) is 5.68. The highest BCUT2D eigenvalue weighted by molar-refractivity contribution is 7.99. The smallest absolute Gasteiger partial charge is 0.285 e. The van der Waals surface area contributed by atoms with Gasteiger partial charge in [-0.05, 0) is 32.3 Å². The second kappa shape index (κ2) is 8.33. The summed E-state index contributed by atoms with van der Waals surface area (Å²) in [5, 5.41) is 12.0. The molecule has 2 aliphatic heterocycles. The molecule has 0 radical (unpaired) electrons. The summed E-state index contributed by atoms with van der Waals surface area (Å²) in [5.41, 5.74) is 0.698. The van der Waals surface area contributed by atoms with Crippen LogP contribution in [0.4, 0.5) is 0 Å². The number of piperidine rings is 1. The minimum Gasteiger partial charge on any atom is -0.377 e. The molecule has 0 bridgehead atoms. The first kappa shape index (κ1) is 20.4. The van der Waals surface area contributed by atoms with E-state index in [-0.39, 0.29) is 16.6 Å². The molecule has 8 heteroatoms. The number of rotatable bonds is 6. The van der Waals surface area contributed by atoms with Gasteiger partial charge in [0.05, 0.1) is 6.07 Å². The van der Waals surface area contributed by atoms with Crippen molar-refractivity contribution in [3.05, 3.63) is 41.6 Å². The average molecular weight is 403 g/mol. The van der Waals surface area contributed by atoms with Gasteiger partial charge in [0.1, 0.15) is 10.6 Å². The molecule has 0 aliphatic carbocycles. The number of likely N-dealkylation sites (tertiary alicyclic amines) is 1. The normalized spacial score (nSPS) is 20.6. The van der Waals surface area contributed by atoms with Gasteiger partial charge in [-0.3, -0.25) is 4.79 Å². The van der Waals surface area contributed by atoms with Gasteiger partial charge in [0.2, 0.25) is 0 Å². The van der Waals surface area contributed by atoms with Gasteiger partial charge < -0.3 is 10.2 Å². The number of benzene rings is 1. The van der Waals surface area contributed by atoms with Crippen molar-refractivity contribution < 1.29 is 13.2 Å². The van der Waals surface area contributed by atoms with Gasteiger partial charge in [0.15, 0.2) is 0 Å². The SMILES string of the molecule is CC(C)N1C(=O)C(NC2CCN(CCC#N)CC2)=C(c2ccccc2)S1(=O)=O. The number of nitrogens with one attached hydrogen (secondary N) is 1. The summed E-state index contributed by atoms with van der Waals surface area (Å²) in [4.78, 5) is 15.3. The first-order valence-electron chi connectivity index (χ1n) is 9.60. The molecule has 0 atom stereocenters. The Kier molecular flexibility index (Phi) is 6.06. The summed E-state index contributed by atoms with van der Waals surface area (Å²) in [6.45, 7) is 5.79. The van der Waals surface area contributed by atoms with E-state index in [2.05, 4.69) is 16.3 Å². The highest BCUT2D eigenvalue weighted by atomic mass is 32.2. The van der Waals surface area contributed by atoms with Gasteiger partial charge in [0.25, 0.3) is 15.9 Å². The number of amides is 1. The molecular weight excluding hydrogens is 376 g/mol. The van der Waals surface area contributed by atoms with Gasteiger partial charge in [-0.25, -0.2) is 12.7 Å². The van der Waals surface area contributed by atoms with E-state index in [0.29, 0.717) is 12.0 Å². The number of hydrogen-bond donors (Lipinski definition) is 1. The third-order valence-corrected chi connectivity index (χ3v) is 7.20. The van der Waals surface area contributed by atoms with Gasteiger partial charge in [-0.15, -0.1) is 0 Å². The lowest BCUT2D eigenvalue weighted by atomic mass is 10.0. The van der Waals surface area contributed by atoms with Gasteiger partial charge in [-0.1, -0.05) is 30.3 Å². The molecule has 1 fully saturated rings. The van der Waals surface area contributed by atoms with Crippen LogP contribution in [0, 0.1) is 11.3 Å². The Balaban J connectivity index is 1.88. The predicted molar refractivity (Wildman–Crippen MR) is 107 cm³/mol. The Bertz CT molecular complexity index is 895. The van der Waals surface area contributed by atoms with Crippen LogP contribution in [0.25, 0.3) is 4.91 Å². The van der Waals surface area contributed by atoms with Crippen LogP contribution in [-0.4, -0.2) is 55.2 Å². The maximum atomic E-state index is 13.1. The highest BCUT2D eigenvalue weighted by Crippen LogP contribution is 2.36. The third kappa shape index (κ3) is 3.91. The van der Waals surface area contributed by atoms with Crippen molar-refractivity contribution >= 4 is 20.8 Å². The van der Waals surface area contributed by atoms with Crippen molar-refractivity contribution in [2.24, 2.45) is 0 Å². The highest BCUT2D eigenvalue weighted by Gasteiger charge is 2.46. The van der Waals surface area contributed by atoms with Crippen LogP contribution in [-0.2, 0) is 14.8 Å². The lowest BCUT2D eigenvalue weighted by Gasteiger charge is -2.32. The molecular formula is C20H26N4O3S. The molecule has 3 rings (SSSR count). The molecule has 7 nitrogen and oxygen atoms in total. The van der Waals surface area contributed by atoms with Crippen LogP contribution >= 0.6 is 0 Å². The van der Waals surface area contributed by atoms with E-state index in [1.54, 1.807) is 38.1 Å². The van der Waals surface area contributed by atoms with E-state index < -0.39 is 22.0 Å². The zero-order valence-corrected chi connectivity index (χ0v) is 17.1. The Morgan fingerprint density at radius 2 is 1.86 bits per heavy atom. The van der Waals surface area contributed by atoms with Crippen LogP contribution in [0.5, 0.6) is 0 Å². The molecule has 1 saturated heterocycles. The Morgan fingerprint density at radius 3 is 2.43 bits per heavy atom. The van der Waals surface area contributed by atoms with Crippen molar-refractivity contribution in [2.45, 2.75) is 45.2 Å². The monoisotopic (exact) mass is 402 g/mol. The van der Waals surface area contributed by atoms with Crippen LogP contribution in [0.2, 0.25) is 0 Å². The number of carbonyl (C=O) groups is 1. The fourth-order valence-electron chi connectivity index (χ4n) is 3.78. The van der Waals surface area contributed by atoms with Gasteiger partial charge in [0, 0.05) is 38.1 Å². The third-order valence-electron chi connectivity index (χ3n) is 5.14. The number of nitriles is 1. The summed E-state index contributed by atoms with van der Waals surface area (Å²) in [6, 6.07) is 10.5. The van der Waals surface area contributed by atoms with E-state index in [1.807, 2.05) is 6.07 Å². The van der Waals surface area contributed by atoms with E-state index in [0.717, 1.165) is 36.8 Å². The summed E-state index contributed by atoms with van der Waals surface area (Å²) < 4.78 is 27.2. The largest absolute Gasteiger partial charge is 0.377 e. The fraction of sp³-hybridized carbons (Fsp3) is 0.500. The second-order valence-electron chi connectivity index (χ2n) is 7.44. The molecule has 2 aliphatic rings. The number of hydrogen-bond acceptors (Lipinski definition) is 6. The second-order valence-corrected chi connectivity index (χ2v) is 9.19. The molecule has 1 aromatic carbocycles. The number of nitrogens with zero attached hydrogens (tertiary/aromatic N) is 3. The van der Waals surface area contributed by atoms with Gasteiger partial charge in [-0.2, -0.15) is 5.26 Å². The quantitative estimate of drug-likeness (QED) is 0.781. The van der Waals surface area contributed by atoms with Crippen LogP contribution in [0.15, 0.2) is 36.0 Å². The van der Waals surface area contributed by atoms with E-state index in [1.165, 1.54) is 0 Å². The number of carbonyl (C=O) groups excluding carboxylic acids is 1. The molecule has 0 aromatic heterocycles. The van der Waals surface area contributed by atoms with E-state index in [4.69, 9.17) is 5.26 Å². The molecule has 1 N–H and O–H groups in total. The minimum absolute atomic E-state index is 0.0262. The number of sulfonamides is 1.